The van der Waals surface area contributed by atoms with E-state index in [0.29, 0.717) is 25.9 Å². The van der Waals surface area contributed by atoms with Gasteiger partial charge in [0.2, 0.25) is 10.0 Å². The van der Waals surface area contributed by atoms with Crippen molar-refractivity contribution in [2.45, 2.75) is 23.8 Å². The molecular weight excluding hydrogens is 298 g/mol. The Morgan fingerprint density at radius 3 is 2.21 bits per heavy atom. The molecule has 19 heavy (non-hydrogen) atoms. The van der Waals surface area contributed by atoms with Crippen LogP contribution in [0.4, 0.5) is 8.78 Å². The fraction of sp³-hybridized carbons (Fsp3) is 0.455. The summed E-state index contributed by atoms with van der Waals surface area (Å²) < 4.78 is 53.1. The normalized spacial score (nSPS) is 16.9. The standard InChI is InChI=1S/C11H14F2N2O2S.ClH/c12-9-2-1-3-10(13)11(9)18(16,17)15-8-4-6-14-7-5-8;/h1-3,8,14-15H,4-7H2;1H. The first kappa shape index (κ1) is 16.3. The zero-order chi connectivity index (χ0) is 13.2. The van der Waals surface area contributed by atoms with Crippen molar-refractivity contribution in [3.63, 3.8) is 0 Å². The maximum absolute atomic E-state index is 13.4. The molecule has 0 amide bonds. The van der Waals surface area contributed by atoms with E-state index in [-0.39, 0.29) is 18.4 Å². The van der Waals surface area contributed by atoms with Crippen molar-refractivity contribution in [2.24, 2.45) is 0 Å². The lowest BCUT2D eigenvalue weighted by Gasteiger charge is -2.23. The minimum atomic E-state index is -4.15. The minimum Gasteiger partial charge on any atom is -0.317 e. The summed E-state index contributed by atoms with van der Waals surface area (Å²) >= 11 is 0. The van der Waals surface area contributed by atoms with Gasteiger partial charge in [-0.2, -0.15) is 0 Å². The van der Waals surface area contributed by atoms with E-state index in [1.165, 1.54) is 0 Å². The summed E-state index contributed by atoms with van der Waals surface area (Å²) in [5.74, 6) is -2.15. The molecule has 0 atom stereocenters. The van der Waals surface area contributed by atoms with Crippen molar-refractivity contribution in [3.05, 3.63) is 29.8 Å². The molecule has 0 aliphatic carbocycles. The third-order valence-corrected chi connectivity index (χ3v) is 4.42. The van der Waals surface area contributed by atoms with Crippen LogP contribution in [0.3, 0.4) is 0 Å². The first-order valence-corrected chi connectivity index (χ1v) is 7.16. The number of benzene rings is 1. The van der Waals surface area contributed by atoms with Crippen LogP contribution < -0.4 is 10.0 Å². The highest BCUT2D eigenvalue weighted by molar-refractivity contribution is 7.89. The Morgan fingerprint density at radius 1 is 1.16 bits per heavy atom. The summed E-state index contributed by atoms with van der Waals surface area (Å²) in [6.45, 7) is 1.37. The van der Waals surface area contributed by atoms with Gasteiger partial charge in [-0.1, -0.05) is 6.07 Å². The van der Waals surface area contributed by atoms with Crippen LogP contribution in [0.1, 0.15) is 12.8 Å². The predicted molar refractivity (Wildman–Crippen MR) is 69.8 cm³/mol. The minimum absolute atomic E-state index is 0. The van der Waals surface area contributed by atoms with Crippen LogP contribution in [0.2, 0.25) is 0 Å². The fourth-order valence-corrected chi connectivity index (χ4v) is 3.40. The molecule has 4 nitrogen and oxygen atoms in total. The van der Waals surface area contributed by atoms with Crippen molar-refractivity contribution in [1.29, 1.82) is 0 Å². The van der Waals surface area contributed by atoms with Gasteiger partial charge >= 0.3 is 0 Å². The molecule has 0 bridgehead atoms. The van der Waals surface area contributed by atoms with Gasteiger partial charge in [0, 0.05) is 6.04 Å². The molecule has 1 aromatic rings. The monoisotopic (exact) mass is 312 g/mol. The van der Waals surface area contributed by atoms with Gasteiger partial charge in [0.25, 0.3) is 0 Å². The number of piperidine rings is 1. The number of sulfonamides is 1. The quantitative estimate of drug-likeness (QED) is 0.887. The second-order valence-electron chi connectivity index (χ2n) is 4.20. The van der Waals surface area contributed by atoms with E-state index in [4.69, 9.17) is 0 Å². The van der Waals surface area contributed by atoms with Crippen LogP contribution >= 0.6 is 12.4 Å². The van der Waals surface area contributed by atoms with Crippen molar-refractivity contribution >= 4 is 22.4 Å². The third kappa shape index (κ3) is 3.85. The van der Waals surface area contributed by atoms with Crippen molar-refractivity contribution in [2.75, 3.05) is 13.1 Å². The lowest BCUT2D eigenvalue weighted by atomic mass is 10.1. The highest BCUT2D eigenvalue weighted by atomic mass is 35.5. The van der Waals surface area contributed by atoms with Gasteiger partial charge in [-0.3, -0.25) is 0 Å². The Morgan fingerprint density at radius 2 is 1.68 bits per heavy atom. The average molecular weight is 313 g/mol. The van der Waals surface area contributed by atoms with Gasteiger partial charge in [0.05, 0.1) is 0 Å². The molecule has 1 heterocycles. The van der Waals surface area contributed by atoms with Crippen LogP contribution in [-0.2, 0) is 10.0 Å². The van der Waals surface area contributed by atoms with Crippen molar-refractivity contribution in [3.8, 4) is 0 Å². The van der Waals surface area contributed by atoms with Crippen LogP contribution in [0, 0.1) is 11.6 Å². The van der Waals surface area contributed by atoms with Crippen LogP contribution in [0.15, 0.2) is 23.1 Å². The van der Waals surface area contributed by atoms with E-state index < -0.39 is 26.6 Å². The summed E-state index contributed by atoms with van der Waals surface area (Å²) in [4.78, 5) is -0.900. The molecule has 0 aromatic heterocycles. The van der Waals surface area contributed by atoms with E-state index in [9.17, 15) is 17.2 Å². The number of hydrogen-bond acceptors (Lipinski definition) is 3. The van der Waals surface area contributed by atoms with E-state index in [1.54, 1.807) is 0 Å². The van der Waals surface area contributed by atoms with Crippen LogP contribution in [0.25, 0.3) is 0 Å². The highest BCUT2D eigenvalue weighted by Crippen LogP contribution is 2.19. The Kier molecular flexibility index (Phi) is 5.66. The summed E-state index contributed by atoms with van der Waals surface area (Å²) in [6, 6.07) is 2.71. The van der Waals surface area contributed by atoms with Crippen LogP contribution in [0.5, 0.6) is 0 Å². The number of halogens is 3. The molecule has 0 radical (unpaired) electrons. The lowest BCUT2D eigenvalue weighted by Crippen LogP contribution is -2.43. The van der Waals surface area contributed by atoms with E-state index in [1.807, 2.05) is 0 Å². The third-order valence-electron chi connectivity index (χ3n) is 2.85. The highest BCUT2D eigenvalue weighted by Gasteiger charge is 2.27. The number of rotatable bonds is 3. The van der Waals surface area contributed by atoms with Gasteiger partial charge in [-0.25, -0.2) is 21.9 Å². The van der Waals surface area contributed by atoms with E-state index in [0.717, 1.165) is 18.2 Å². The molecule has 8 heteroatoms. The van der Waals surface area contributed by atoms with E-state index >= 15 is 0 Å². The molecule has 0 saturated carbocycles. The maximum Gasteiger partial charge on any atom is 0.246 e. The molecule has 1 aromatic carbocycles. The van der Waals surface area contributed by atoms with Gasteiger partial charge < -0.3 is 5.32 Å². The predicted octanol–water partition coefficient (Wildman–Crippen LogP) is 1.42. The first-order valence-electron chi connectivity index (χ1n) is 5.68. The molecule has 108 valence electrons. The van der Waals surface area contributed by atoms with Gasteiger partial charge in [-0.15, -0.1) is 12.4 Å². The topological polar surface area (TPSA) is 58.2 Å². The van der Waals surface area contributed by atoms with Gasteiger partial charge in [0.15, 0.2) is 4.90 Å². The first-order chi connectivity index (χ1) is 8.50. The Hall–Kier alpha value is -0.760. The molecule has 0 spiro atoms. The molecular formula is C11H15ClF2N2O2S. The fourth-order valence-electron chi connectivity index (χ4n) is 1.96. The molecule has 1 aliphatic rings. The van der Waals surface area contributed by atoms with Crippen LogP contribution in [-0.4, -0.2) is 27.5 Å². The SMILES string of the molecule is Cl.O=S(=O)(NC1CCNCC1)c1c(F)cccc1F. The maximum atomic E-state index is 13.4. The lowest BCUT2D eigenvalue weighted by molar-refractivity contribution is 0.424. The Balaban J connectivity index is 0.00000180. The number of hydrogen-bond donors (Lipinski definition) is 2. The molecule has 1 saturated heterocycles. The summed E-state index contributed by atoms with van der Waals surface area (Å²) in [5, 5.41) is 3.08. The summed E-state index contributed by atoms with van der Waals surface area (Å²) in [6.07, 6.45) is 1.21. The Bertz CT molecular complexity index is 513. The molecule has 1 fully saturated rings. The largest absolute Gasteiger partial charge is 0.317 e. The smallest absolute Gasteiger partial charge is 0.246 e. The van der Waals surface area contributed by atoms with Crippen molar-refractivity contribution in [1.82, 2.24) is 10.0 Å². The van der Waals surface area contributed by atoms with Gasteiger partial charge in [-0.05, 0) is 38.1 Å². The molecule has 2 rings (SSSR count). The average Bonchev–Trinajstić information content (AvgIpc) is 2.28. The Labute approximate surface area is 117 Å². The molecule has 1 aliphatic heterocycles. The summed E-state index contributed by atoms with van der Waals surface area (Å²) in [7, 11) is -4.15. The zero-order valence-electron chi connectivity index (χ0n) is 10.0. The summed E-state index contributed by atoms with van der Waals surface area (Å²) in [5.41, 5.74) is 0. The zero-order valence-corrected chi connectivity index (χ0v) is 11.7. The molecule has 0 unspecified atom stereocenters. The van der Waals surface area contributed by atoms with Gasteiger partial charge in [0.1, 0.15) is 11.6 Å². The van der Waals surface area contributed by atoms with Crippen molar-refractivity contribution < 1.29 is 17.2 Å². The number of nitrogens with one attached hydrogen (secondary N) is 2. The second-order valence-corrected chi connectivity index (χ2v) is 5.85. The molecule has 2 N–H and O–H groups in total. The second kappa shape index (κ2) is 6.60. The van der Waals surface area contributed by atoms with E-state index in [2.05, 4.69) is 10.0 Å².